The Balaban J connectivity index is 1.51. The highest BCUT2D eigenvalue weighted by Gasteiger charge is 2.32. The lowest BCUT2D eigenvalue weighted by Gasteiger charge is -2.42. The lowest BCUT2D eigenvalue weighted by molar-refractivity contribution is -0.127. The minimum atomic E-state index is 0.111. The largest absolute Gasteiger partial charge is 0.383 e. The predicted molar refractivity (Wildman–Crippen MR) is 106 cm³/mol. The van der Waals surface area contributed by atoms with E-state index in [1.807, 2.05) is 13.1 Å². The monoisotopic (exact) mass is 375 g/mol. The molecule has 0 bridgehead atoms. The van der Waals surface area contributed by atoms with Gasteiger partial charge in [0.15, 0.2) is 0 Å². The van der Waals surface area contributed by atoms with Crippen molar-refractivity contribution in [3.05, 3.63) is 17.6 Å². The van der Waals surface area contributed by atoms with Crippen LogP contribution in [0.1, 0.15) is 37.1 Å². The van der Waals surface area contributed by atoms with Gasteiger partial charge in [-0.25, -0.2) is 9.97 Å². The van der Waals surface area contributed by atoms with E-state index in [1.165, 1.54) is 0 Å². The van der Waals surface area contributed by atoms with Gasteiger partial charge in [0.2, 0.25) is 5.91 Å². The Morgan fingerprint density at radius 1 is 1.26 bits per heavy atom. The van der Waals surface area contributed by atoms with E-state index in [9.17, 15) is 4.79 Å². The molecule has 27 heavy (non-hydrogen) atoms. The molecule has 150 valence electrons. The van der Waals surface area contributed by atoms with Gasteiger partial charge in [-0.3, -0.25) is 9.69 Å². The fourth-order valence-electron chi connectivity index (χ4n) is 4.25. The van der Waals surface area contributed by atoms with Gasteiger partial charge in [0, 0.05) is 51.1 Å². The molecule has 0 aliphatic carbocycles. The molecule has 7 heteroatoms. The average molecular weight is 376 g/mol. The summed E-state index contributed by atoms with van der Waals surface area (Å²) in [7, 11) is 1.66. The van der Waals surface area contributed by atoms with E-state index in [-0.39, 0.29) is 11.8 Å². The maximum Gasteiger partial charge on any atom is 0.224 e. The summed E-state index contributed by atoms with van der Waals surface area (Å²) in [6, 6.07) is 0.569. The number of aromatic nitrogens is 2. The number of amides is 1. The Morgan fingerprint density at radius 2 is 2.04 bits per heavy atom. The molecule has 1 amide bonds. The number of nitrogens with one attached hydrogen (secondary N) is 1. The zero-order valence-electron chi connectivity index (χ0n) is 16.9. The zero-order chi connectivity index (χ0) is 19.2. The van der Waals surface area contributed by atoms with Crippen molar-refractivity contribution in [2.24, 2.45) is 5.92 Å². The first kappa shape index (κ1) is 20.0. The van der Waals surface area contributed by atoms with Crippen molar-refractivity contribution in [2.75, 3.05) is 51.3 Å². The molecule has 1 aromatic heterocycles. The van der Waals surface area contributed by atoms with Crippen molar-refractivity contribution >= 4 is 11.7 Å². The van der Waals surface area contributed by atoms with Crippen LogP contribution >= 0.6 is 0 Å². The molecule has 2 aliphatic rings. The molecule has 2 saturated heterocycles. The number of nitrogens with zero attached hydrogens (tertiary/aromatic N) is 4. The molecular weight excluding hydrogens is 342 g/mol. The molecule has 2 aliphatic heterocycles. The van der Waals surface area contributed by atoms with Crippen molar-refractivity contribution in [1.82, 2.24) is 20.2 Å². The molecule has 0 saturated carbocycles. The Hall–Kier alpha value is -1.73. The van der Waals surface area contributed by atoms with Crippen LogP contribution in [-0.4, -0.2) is 73.3 Å². The van der Waals surface area contributed by atoms with E-state index in [2.05, 4.69) is 32.0 Å². The Labute approximate surface area is 162 Å². The fourth-order valence-corrected chi connectivity index (χ4v) is 4.25. The fraction of sp³-hybridized carbons (Fsp3) is 0.750. The van der Waals surface area contributed by atoms with E-state index in [4.69, 9.17) is 4.74 Å². The van der Waals surface area contributed by atoms with Gasteiger partial charge >= 0.3 is 0 Å². The van der Waals surface area contributed by atoms with E-state index < -0.39 is 0 Å². The predicted octanol–water partition coefficient (Wildman–Crippen LogP) is 1.54. The molecule has 1 atom stereocenters. The van der Waals surface area contributed by atoms with Gasteiger partial charge in [0.25, 0.3) is 0 Å². The Morgan fingerprint density at radius 3 is 2.78 bits per heavy atom. The minimum Gasteiger partial charge on any atom is -0.383 e. The molecule has 2 fully saturated rings. The number of aryl methyl sites for hydroxylation is 2. The van der Waals surface area contributed by atoms with Crippen molar-refractivity contribution in [1.29, 1.82) is 0 Å². The number of rotatable bonds is 6. The van der Waals surface area contributed by atoms with Gasteiger partial charge in [-0.2, -0.15) is 0 Å². The molecule has 1 aromatic rings. The van der Waals surface area contributed by atoms with Gasteiger partial charge in [-0.05, 0) is 46.1 Å². The SMILES string of the molecule is COCCNC(=O)[C@@H]1CCCN(C2CCN(c3nc(C)ncc3C)CC2)C1. The van der Waals surface area contributed by atoms with Gasteiger partial charge in [0.1, 0.15) is 11.6 Å². The third-order valence-corrected chi connectivity index (χ3v) is 5.77. The first-order valence-electron chi connectivity index (χ1n) is 10.1. The van der Waals surface area contributed by atoms with Crippen LogP contribution in [0.2, 0.25) is 0 Å². The summed E-state index contributed by atoms with van der Waals surface area (Å²) in [6.07, 6.45) is 6.27. The molecule has 0 aromatic carbocycles. The summed E-state index contributed by atoms with van der Waals surface area (Å²) in [4.78, 5) is 26.2. The van der Waals surface area contributed by atoms with E-state index in [0.29, 0.717) is 19.2 Å². The number of anilines is 1. The number of carbonyl (C=O) groups is 1. The number of hydrogen-bond donors (Lipinski definition) is 1. The second-order valence-electron chi connectivity index (χ2n) is 7.76. The van der Waals surface area contributed by atoms with Crippen molar-refractivity contribution in [2.45, 2.75) is 45.6 Å². The number of ether oxygens (including phenoxy) is 1. The minimum absolute atomic E-state index is 0.111. The smallest absolute Gasteiger partial charge is 0.224 e. The zero-order valence-corrected chi connectivity index (χ0v) is 16.9. The van der Waals surface area contributed by atoms with Crippen molar-refractivity contribution < 1.29 is 9.53 Å². The maximum absolute atomic E-state index is 12.4. The van der Waals surface area contributed by atoms with Crippen LogP contribution < -0.4 is 10.2 Å². The van der Waals surface area contributed by atoms with E-state index >= 15 is 0 Å². The summed E-state index contributed by atoms with van der Waals surface area (Å²) in [5.41, 5.74) is 1.14. The van der Waals surface area contributed by atoms with Crippen LogP contribution in [0.15, 0.2) is 6.20 Å². The number of methoxy groups -OCH3 is 1. The topological polar surface area (TPSA) is 70.6 Å². The molecular formula is C20H33N5O2. The molecule has 3 heterocycles. The molecule has 0 spiro atoms. The lowest BCUT2D eigenvalue weighted by atomic mass is 9.93. The molecule has 1 N–H and O–H groups in total. The van der Waals surface area contributed by atoms with Crippen LogP contribution in [0.5, 0.6) is 0 Å². The first-order chi connectivity index (χ1) is 13.1. The lowest BCUT2D eigenvalue weighted by Crippen LogP contribution is -2.51. The number of carbonyl (C=O) groups excluding carboxylic acids is 1. The van der Waals surface area contributed by atoms with Crippen molar-refractivity contribution in [3.63, 3.8) is 0 Å². The Kier molecular flexibility index (Phi) is 7.01. The van der Waals surface area contributed by atoms with E-state index in [1.54, 1.807) is 7.11 Å². The molecule has 0 unspecified atom stereocenters. The third-order valence-electron chi connectivity index (χ3n) is 5.77. The average Bonchev–Trinajstić information content (AvgIpc) is 2.70. The summed E-state index contributed by atoms with van der Waals surface area (Å²) < 4.78 is 5.02. The quantitative estimate of drug-likeness (QED) is 0.761. The van der Waals surface area contributed by atoms with Crippen molar-refractivity contribution in [3.8, 4) is 0 Å². The van der Waals surface area contributed by atoms with Gasteiger partial charge < -0.3 is 15.0 Å². The number of piperidine rings is 2. The standard InChI is InChI=1S/C20H33N5O2/c1-15-13-22-16(2)23-19(15)24-10-6-18(7-11-24)25-9-4-5-17(14-25)20(26)21-8-12-27-3/h13,17-18H,4-12,14H2,1-3H3,(H,21,26)/t17-/m1/s1. The first-order valence-corrected chi connectivity index (χ1v) is 10.1. The highest BCUT2D eigenvalue weighted by Crippen LogP contribution is 2.27. The molecule has 7 nitrogen and oxygen atoms in total. The van der Waals surface area contributed by atoms with Gasteiger partial charge in [-0.15, -0.1) is 0 Å². The van der Waals surface area contributed by atoms with Crippen LogP contribution in [0.3, 0.4) is 0 Å². The molecule has 3 rings (SSSR count). The van der Waals surface area contributed by atoms with E-state index in [0.717, 1.165) is 69.1 Å². The summed E-state index contributed by atoms with van der Waals surface area (Å²) in [5.74, 6) is 2.20. The summed E-state index contributed by atoms with van der Waals surface area (Å²) >= 11 is 0. The van der Waals surface area contributed by atoms with Crippen LogP contribution in [0, 0.1) is 19.8 Å². The van der Waals surface area contributed by atoms with Gasteiger partial charge in [-0.1, -0.05) is 0 Å². The van der Waals surface area contributed by atoms with Crippen LogP contribution in [0.4, 0.5) is 5.82 Å². The second kappa shape index (κ2) is 9.46. The third kappa shape index (κ3) is 5.17. The maximum atomic E-state index is 12.4. The second-order valence-corrected chi connectivity index (χ2v) is 7.76. The number of hydrogen-bond acceptors (Lipinski definition) is 6. The van der Waals surface area contributed by atoms with Crippen LogP contribution in [0.25, 0.3) is 0 Å². The Bertz CT molecular complexity index is 631. The molecule has 0 radical (unpaired) electrons. The highest BCUT2D eigenvalue weighted by atomic mass is 16.5. The summed E-state index contributed by atoms with van der Waals surface area (Å²) in [5, 5.41) is 3.00. The normalized spacial score (nSPS) is 22.0. The summed E-state index contributed by atoms with van der Waals surface area (Å²) in [6.45, 7) is 9.23. The van der Waals surface area contributed by atoms with Crippen LogP contribution in [-0.2, 0) is 9.53 Å². The highest BCUT2D eigenvalue weighted by molar-refractivity contribution is 5.78. The van der Waals surface area contributed by atoms with Gasteiger partial charge in [0.05, 0.1) is 12.5 Å². The number of likely N-dealkylation sites (tertiary alicyclic amines) is 1.